The number of nitrogen functional groups attached to an aromatic ring is 1. The standard InChI is InChI=1S/C13H15NS2/c1-10-4-5-12(14)13(9-10)16-8-6-11-3-2-7-15-11/h2-5,7,9H,6,8,14H2,1H3. The molecule has 2 rings (SSSR count). The zero-order chi connectivity index (χ0) is 11.4. The van der Waals surface area contributed by atoms with E-state index in [1.165, 1.54) is 15.3 Å². The smallest absolute Gasteiger partial charge is 0.0452 e. The number of hydrogen-bond donors (Lipinski definition) is 1. The van der Waals surface area contributed by atoms with Crippen molar-refractivity contribution in [3.63, 3.8) is 0 Å². The van der Waals surface area contributed by atoms with Gasteiger partial charge >= 0.3 is 0 Å². The second kappa shape index (κ2) is 5.41. The number of rotatable bonds is 4. The van der Waals surface area contributed by atoms with Gasteiger partial charge in [-0.15, -0.1) is 23.1 Å². The number of hydrogen-bond acceptors (Lipinski definition) is 3. The molecule has 0 aliphatic rings. The predicted octanol–water partition coefficient (Wildman–Crippen LogP) is 3.97. The quantitative estimate of drug-likeness (QED) is 0.655. The first kappa shape index (κ1) is 11.6. The van der Waals surface area contributed by atoms with Gasteiger partial charge in [0.15, 0.2) is 0 Å². The Morgan fingerprint density at radius 1 is 1.31 bits per heavy atom. The molecule has 16 heavy (non-hydrogen) atoms. The molecule has 0 amide bonds. The molecule has 2 aromatic rings. The lowest BCUT2D eigenvalue weighted by molar-refractivity contribution is 1.20. The normalized spacial score (nSPS) is 10.6. The van der Waals surface area contributed by atoms with Gasteiger partial charge in [0.05, 0.1) is 0 Å². The number of benzene rings is 1. The molecule has 84 valence electrons. The Morgan fingerprint density at radius 3 is 2.94 bits per heavy atom. The van der Waals surface area contributed by atoms with E-state index in [1.807, 2.05) is 29.2 Å². The Labute approximate surface area is 105 Å². The fourth-order valence-electron chi connectivity index (χ4n) is 1.48. The van der Waals surface area contributed by atoms with E-state index in [-0.39, 0.29) is 0 Å². The zero-order valence-electron chi connectivity index (χ0n) is 9.27. The average molecular weight is 249 g/mol. The van der Waals surface area contributed by atoms with Gasteiger partial charge in [-0.1, -0.05) is 12.1 Å². The second-order valence-electron chi connectivity index (χ2n) is 3.72. The first-order valence-electron chi connectivity index (χ1n) is 5.27. The summed E-state index contributed by atoms with van der Waals surface area (Å²) in [5.41, 5.74) is 8.09. The van der Waals surface area contributed by atoms with Gasteiger partial charge in [-0.2, -0.15) is 0 Å². The molecule has 0 saturated carbocycles. The van der Waals surface area contributed by atoms with Crippen molar-refractivity contribution in [3.8, 4) is 0 Å². The van der Waals surface area contributed by atoms with Gasteiger partial charge in [-0.3, -0.25) is 0 Å². The van der Waals surface area contributed by atoms with Crippen LogP contribution in [-0.4, -0.2) is 5.75 Å². The van der Waals surface area contributed by atoms with Gasteiger partial charge in [0, 0.05) is 21.2 Å². The fraction of sp³-hybridized carbons (Fsp3) is 0.231. The van der Waals surface area contributed by atoms with Crippen molar-refractivity contribution < 1.29 is 0 Å². The molecular weight excluding hydrogens is 234 g/mol. The van der Waals surface area contributed by atoms with Gasteiger partial charge in [0.1, 0.15) is 0 Å². The van der Waals surface area contributed by atoms with Crippen LogP contribution in [0.15, 0.2) is 40.6 Å². The van der Waals surface area contributed by atoms with Crippen molar-refractivity contribution >= 4 is 28.8 Å². The summed E-state index contributed by atoms with van der Waals surface area (Å²) in [6.45, 7) is 2.10. The van der Waals surface area contributed by atoms with Crippen molar-refractivity contribution in [1.29, 1.82) is 0 Å². The molecule has 0 atom stereocenters. The number of thiophene rings is 1. The molecule has 0 spiro atoms. The van der Waals surface area contributed by atoms with Crippen LogP contribution >= 0.6 is 23.1 Å². The molecule has 2 N–H and O–H groups in total. The Hall–Kier alpha value is -0.930. The summed E-state index contributed by atoms with van der Waals surface area (Å²) in [6, 6.07) is 10.5. The SMILES string of the molecule is Cc1ccc(N)c(SCCc2cccs2)c1. The number of anilines is 1. The zero-order valence-corrected chi connectivity index (χ0v) is 10.9. The van der Waals surface area contributed by atoms with E-state index in [9.17, 15) is 0 Å². The van der Waals surface area contributed by atoms with Crippen LogP contribution in [0, 0.1) is 6.92 Å². The second-order valence-corrected chi connectivity index (χ2v) is 5.89. The minimum absolute atomic E-state index is 0.891. The number of nitrogens with two attached hydrogens (primary N) is 1. The Kier molecular flexibility index (Phi) is 3.91. The predicted molar refractivity (Wildman–Crippen MR) is 74.3 cm³/mol. The van der Waals surface area contributed by atoms with E-state index in [2.05, 4.69) is 36.6 Å². The maximum atomic E-state index is 5.93. The third kappa shape index (κ3) is 3.03. The van der Waals surface area contributed by atoms with Crippen molar-refractivity contribution in [2.75, 3.05) is 11.5 Å². The maximum Gasteiger partial charge on any atom is 0.0452 e. The lowest BCUT2D eigenvalue weighted by Gasteiger charge is -2.05. The fourth-order valence-corrected chi connectivity index (χ4v) is 3.37. The summed E-state index contributed by atoms with van der Waals surface area (Å²) >= 11 is 3.66. The molecule has 0 unspecified atom stereocenters. The highest BCUT2D eigenvalue weighted by molar-refractivity contribution is 7.99. The van der Waals surface area contributed by atoms with Crippen LogP contribution < -0.4 is 5.73 Å². The molecule has 1 aromatic carbocycles. The van der Waals surface area contributed by atoms with Crippen LogP contribution in [0.4, 0.5) is 5.69 Å². The molecule has 0 saturated heterocycles. The van der Waals surface area contributed by atoms with Gasteiger partial charge in [-0.25, -0.2) is 0 Å². The van der Waals surface area contributed by atoms with Crippen LogP contribution in [0.25, 0.3) is 0 Å². The van der Waals surface area contributed by atoms with Gasteiger partial charge in [-0.05, 0) is 42.5 Å². The Balaban J connectivity index is 1.92. The molecule has 0 radical (unpaired) electrons. The van der Waals surface area contributed by atoms with Crippen molar-refractivity contribution in [2.24, 2.45) is 0 Å². The Morgan fingerprint density at radius 2 is 2.19 bits per heavy atom. The van der Waals surface area contributed by atoms with Crippen LogP contribution in [0.1, 0.15) is 10.4 Å². The molecule has 0 aliphatic carbocycles. The molecular formula is C13H15NS2. The van der Waals surface area contributed by atoms with Crippen molar-refractivity contribution in [2.45, 2.75) is 18.2 Å². The van der Waals surface area contributed by atoms with E-state index >= 15 is 0 Å². The van der Waals surface area contributed by atoms with Crippen molar-refractivity contribution in [3.05, 3.63) is 46.2 Å². The molecule has 0 fully saturated rings. The van der Waals surface area contributed by atoms with Gasteiger partial charge < -0.3 is 5.73 Å². The summed E-state index contributed by atoms with van der Waals surface area (Å²) < 4.78 is 0. The minimum Gasteiger partial charge on any atom is -0.398 e. The van der Waals surface area contributed by atoms with Gasteiger partial charge in [0.2, 0.25) is 0 Å². The van der Waals surface area contributed by atoms with Gasteiger partial charge in [0.25, 0.3) is 0 Å². The Bertz CT molecular complexity index is 449. The third-order valence-electron chi connectivity index (χ3n) is 2.36. The van der Waals surface area contributed by atoms with Crippen molar-refractivity contribution in [1.82, 2.24) is 0 Å². The number of aryl methyl sites for hydroxylation is 2. The van der Waals surface area contributed by atoms with Crippen LogP contribution in [0.5, 0.6) is 0 Å². The van der Waals surface area contributed by atoms with Crippen LogP contribution in [-0.2, 0) is 6.42 Å². The van der Waals surface area contributed by atoms with Crippen LogP contribution in [0.2, 0.25) is 0 Å². The highest BCUT2D eigenvalue weighted by Gasteiger charge is 2.01. The minimum atomic E-state index is 0.891. The lowest BCUT2D eigenvalue weighted by Crippen LogP contribution is -1.91. The monoisotopic (exact) mass is 249 g/mol. The summed E-state index contributed by atoms with van der Waals surface area (Å²) in [5.74, 6) is 1.09. The summed E-state index contributed by atoms with van der Waals surface area (Å²) in [5, 5.41) is 2.13. The molecule has 0 aliphatic heterocycles. The maximum absolute atomic E-state index is 5.93. The first-order valence-corrected chi connectivity index (χ1v) is 7.13. The largest absolute Gasteiger partial charge is 0.398 e. The topological polar surface area (TPSA) is 26.0 Å². The first-order chi connectivity index (χ1) is 7.75. The lowest BCUT2D eigenvalue weighted by atomic mass is 10.2. The molecule has 1 nitrogen and oxygen atoms in total. The van der Waals surface area contributed by atoms with E-state index in [4.69, 9.17) is 5.73 Å². The van der Waals surface area contributed by atoms with Crippen LogP contribution in [0.3, 0.4) is 0 Å². The summed E-state index contributed by atoms with van der Waals surface area (Å²) in [7, 11) is 0. The van der Waals surface area contributed by atoms with E-state index < -0.39 is 0 Å². The highest BCUT2D eigenvalue weighted by Crippen LogP contribution is 2.27. The highest BCUT2D eigenvalue weighted by atomic mass is 32.2. The number of thioether (sulfide) groups is 1. The molecule has 3 heteroatoms. The summed E-state index contributed by atoms with van der Waals surface area (Å²) in [6.07, 6.45) is 1.12. The van der Waals surface area contributed by atoms with E-state index in [0.717, 1.165) is 17.9 Å². The summed E-state index contributed by atoms with van der Waals surface area (Å²) in [4.78, 5) is 2.65. The van der Waals surface area contributed by atoms with E-state index in [1.54, 1.807) is 0 Å². The molecule has 0 bridgehead atoms. The third-order valence-corrected chi connectivity index (χ3v) is 4.36. The average Bonchev–Trinajstić information content (AvgIpc) is 2.76. The molecule has 1 heterocycles. The van der Waals surface area contributed by atoms with E-state index in [0.29, 0.717) is 0 Å². The molecule has 1 aromatic heterocycles.